The van der Waals surface area contributed by atoms with Gasteiger partial charge in [0.1, 0.15) is 11.3 Å². The van der Waals surface area contributed by atoms with E-state index >= 15 is 0 Å². The molecule has 0 saturated carbocycles. The van der Waals surface area contributed by atoms with E-state index in [-0.39, 0.29) is 6.04 Å². The minimum atomic E-state index is -0.00315. The minimum absolute atomic E-state index is 0.00315. The Morgan fingerprint density at radius 1 is 1.53 bits per heavy atom. The molecule has 0 aromatic carbocycles. The Morgan fingerprint density at radius 2 is 2.35 bits per heavy atom. The molecule has 0 fully saturated rings. The third kappa shape index (κ3) is 2.45. The largest absolute Gasteiger partial charge is 0.321 e. The molecule has 0 aliphatic carbocycles. The third-order valence-electron chi connectivity index (χ3n) is 2.81. The molecule has 2 N–H and O–H groups in total. The van der Waals surface area contributed by atoms with Gasteiger partial charge in [-0.05, 0) is 37.5 Å². The predicted octanol–water partition coefficient (Wildman–Crippen LogP) is 2.20. The summed E-state index contributed by atoms with van der Waals surface area (Å²) >= 11 is 1.81. The van der Waals surface area contributed by atoms with Gasteiger partial charge in [0, 0.05) is 12.7 Å². The van der Waals surface area contributed by atoms with Gasteiger partial charge in [-0.1, -0.05) is 0 Å². The number of hydrogen-bond donors (Lipinski definition) is 1. The van der Waals surface area contributed by atoms with Crippen molar-refractivity contribution in [2.24, 2.45) is 5.73 Å². The first kappa shape index (κ1) is 12.4. The fourth-order valence-corrected chi connectivity index (χ4v) is 2.43. The Hall–Kier alpha value is -1.07. The van der Waals surface area contributed by atoms with E-state index in [1.807, 2.05) is 23.9 Å². The van der Waals surface area contributed by atoms with Crippen LogP contribution >= 0.6 is 11.8 Å². The van der Waals surface area contributed by atoms with E-state index in [1.54, 1.807) is 6.20 Å². The first-order valence-corrected chi connectivity index (χ1v) is 7.23. The summed E-state index contributed by atoms with van der Waals surface area (Å²) in [7, 11) is 0. The van der Waals surface area contributed by atoms with Crippen LogP contribution in [0.1, 0.15) is 25.2 Å². The van der Waals surface area contributed by atoms with E-state index in [2.05, 4.69) is 27.7 Å². The average molecular weight is 250 g/mol. The highest BCUT2D eigenvalue weighted by Gasteiger charge is 2.16. The Balaban J connectivity index is 2.38. The molecule has 92 valence electrons. The molecule has 0 saturated heterocycles. The molecule has 0 amide bonds. The van der Waals surface area contributed by atoms with Crippen molar-refractivity contribution in [1.29, 1.82) is 0 Å². The summed E-state index contributed by atoms with van der Waals surface area (Å²) in [6.07, 6.45) is 4.84. The first-order valence-electron chi connectivity index (χ1n) is 5.83. The number of fused-ring (bicyclic) bond motifs is 1. The van der Waals surface area contributed by atoms with Crippen LogP contribution in [0.2, 0.25) is 0 Å². The lowest BCUT2D eigenvalue weighted by Gasteiger charge is -2.12. The lowest BCUT2D eigenvalue weighted by molar-refractivity contribution is 0.599. The molecule has 1 unspecified atom stereocenters. The fourth-order valence-electron chi connectivity index (χ4n) is 1.94. The van der Waals surface area contributed by atoms with Crippen molar-refractivity contribution >= 4 is 22.9 Å². The monoisotopic (exact) mass is 250 g/mol. The Labute approximate surface area is 106 Å². The molecule has 2 aromatic heterocycles. The highest BCUT2D eigenvalue weighted by molar-refractivity contribution is 7.98. The zero-order chi connectivity index (χ0) is 12.3. The van der Waals surface area contributed by atoms with Crippen LogP contribution < -0.4 is 5.73 Å². The predicted molar refractivity (Wildman–Crippen MR) is 73.1 cm³/mol. The molecule has 2 aromatic rings. The molecule has 0 aliphatic heterocycles. The zero-order valence-corrected chi connectivity index (χ0v) is 11.1. The summed E-state index contributed by atoms with van der Waals surface area (Å²) in [5.41, 5.74) is 8.07. The van der Waals surface area contributed by atoms with Gasteiger partial charge in [0.15, 0.2) is 5.65 Å². The standard InChI is InChI=1S/C12H18N4S/c1-3-16-11(9(13)6-8-17-2)15-10-5-4-7-14-12(10)16/h4-5,7,9H,3,6,8,13H2,1-2H3. The van der Waals surface area contributed by atoms with Gasteiger partial charge in [0.25, 0.3) is 0 Å². The lowest BCUT2D eigenvalue weighted by atomic mass is 10.2. The van der Waals surface area contributed by atoms with Crippen LogP contribution in [0.3, 0.4) is 0 Å². The van der Waals surface area contributed by atoms with E-state index in [0.29, 0.717) is 0 Å². The number of thioether (sulfide) groups is 1. The molecule has 0 bridgehead atoms. The van der Waals surface area contributed by atoms with Crippen molar-refractivity contribution in [2.45, 2.75) is 25.9 Å². The third-order valence-corrected chi connectivity index (χ3v) is 3.46. The highest BCUT2D eigenvalue weighted by Crippen LogP contribution is 2.20. The minimum Gasteiger partial charge on any atom is -0.321 e. The Kier molecular flexibility index (Phi) is 4.02. The van der Waals surface area contributed by atoms with Gasteiger partial charge in [-0.2, -0.15) is 11.8 Å². The molecule has 4 nitrogen and oxygen atoms in total. The molecule has 1 atom stereocenters. The summed E-state index contributed by atoms with van der Waals surface area (Å²) in [5, 5.41) is 0. The topological polar surface area (TPSA) is 56.7 Å². The Bertz CT molecular complexity index is 494. The lowest BCUT2D eigenvalue weighted by Crippen LogP contribution is -2.17. The smallest absolute Gasteiger partial charge is 0.160 e. The van der Waals surface area contributed by atoms with Crippen molar-refractivity contribution in [3.05, 3.63) is 24.2 Å². The molecular formula is C12H18N4S. The van der Waals surface area contributed by atoms with Crippen molar-refractivity contribution in [3.63, 3.8) is 0 Å². The molecule has 17 heavy (non-hydrogen) atoms. The fraction of sp³-hybridized carbons (Fsp3) is 0.500. The van der Waals surface area contributed by atoms with Crippen molar-refractivity contribution in [2.75, 3.05) is 12.0 Å². The van der Waals surface area contributed by atoms with Crippen LogP contribution in [0, 0.1) is 0 Å². The van der Waals surface area contributed by atoms with Crippen molar-refractivity contribution in [1.82, 2.24) is 14.5 Å². The van der Waals surface area contributed by atoms with E-state index in [0.717, 1.165) is 35.7 Å². The molecule has 0 radical (unpaired) electrons. The van der Waals surface area contributed by atoms with Crippen LogP contribution in [0.4, 0.5) is 0 Å². The summed E-state index contributed by atoms with van der Waals surface area (Å²) in [6.45, 7) is 2.95. The molecule has 2 rings (SSSR count). The second-order valence-electron chi connectivity index (χ2n) is 3.95. The molecule has 0 spiro atoms. The summed E-state index contributed by atoms with van der Waals surface area (Å²) < 4.78 is 2.11. The normalized spacial score (nSPS) is 13.1. The van der Waals surface area contributed by atoms with Gasteiger partial charge < -0.3 is 10.3 Å². The van der Waals surface area contributed by atoms with Gasteiger partial charge in [0.2, 0.25) is 0 Å². The van der Waals surface area contributed by atoms with Crippen molar-refractivity contribution in [3.8, 4) is 0 Å². The molecule has 5 heteroatoms. The number of aryl methyl sites for hydroxylation is 1. The van der Waals surface area contributed by atoms with E-state index in [9.17, 15) is 0 Å². The summed E-state index contributed by atoms with van der Waals surface area (Å²) in [6, 6.07) is 3.89. The van der Waals surface area contributed by atoms with E-state index < -0.39 is 0 Å². The van der Waals surface area contributed by atoms with Crippen molar-refractivity contribution < 1.29 is 0 Å². The quantitative estimate of drug-likeness (QED) is 0.884. The molecular weight excluding hydrogens is 232 g/mol. The summed E-state index contributed by atoms with van der Waals surface area (Å²) in [5.74, 6) is 2.01. The number of rotatable bonds is 5. The number of aromatic nitrogens is 3. The number of hydrogen-bond acceptors (Lipinski definition) is 4. The molecule has 0 aliphatic rings. The zero-order valence-electron chi connectivity index (χ0n) is 10.3. The maximum atomic E-state index is 6.20. The number of imidazole rings is 1. The second-order valence-corrected chi connectivity index (χ2v) is 4.93. The van der Waals surface area contributed by atoms with Gasteiger partial charge in [-0.15, -0.1) is 0 Å². The van der Waals surface area contributed by atoms with Crippen LogP contribution in [0.15, 0.2) is 18.3 Å². The van der Waals surface area contributed by atoms with Gasteiger partial charge in [-0.3, -0.25) is 0 Å². The SMILES string of the molecule is CCn1c(C(N)CCSC)nc2cccnc21. The van der Waals surface area contributed by atoms with E-state index in [1.165, 1.54) is 0 Å². The number of nitrogens with two attached hydrogens (primary N) is 1. The van der Waals surface area contributed by atoms with Gasteiger partial charge in [0.05, 0.1) is 6.04 Å². The number of pyridine rings is 1. The molecule has 2 heterocycles. The van der Waals surface area contributed by atoms with Crippen LogP contribution in [-0.4, -0.2) is 26.5 Å². The Morgan fingerprint density at radius 3 is 3.06 bits per heavy atom. The van der Waals surface area contributed by atoms with Crippen LogP contribution in [0.5, 0.6) is 0 Å². The van der Waals surface area contributed by atoms with Crippen LogP contribution in [0.25, 0.3) is 11.2 Å². The van der Waals surface area contributed by atoms with E-state index in [4.69, 9.17) is 5.73 Å². The first-order chi connectivity index (χ1) is 8.27. The second kappa shape index (κ2) is 5.51. The number of nitrogens with zero attached hydrogens (tertiary/aromatic N) is 3. The highest BCUT2D eigenvalue weighted by atomic mass is 32.2. The van der Waals surface area contributed by atoms with Gasteiger partial charge in [-0.25, -0.2) is 9.97 Å². The average Bonchev–Trinajstić information content (AvgIpc) is 2.74. The maximum Gasteiger partial charge on any atom is 0.160 e. The van der Waals surface area contributed by atoms with Crippen LogP contribution in [-0.2, 0) is 6.54 Å². The summed E-state index contributed by atoms with van der Waals surface area (Å²) in [4.78, 5) is 8.98. The maximum absolute atomic E-state index is 6.20. The van der Waals surface area contributed by atoms with Gasteiger partial charge >= 0.3 is 0 Å².